The molecule has 1 aliphatic heterocycles. The highest BCUT2D eigenvalue weighted by molar-refractivity contribution is 5.85. The monoisotopic (exact) mass is 505 g/mol. The topological polar surface area (TPSA) is 157 Å². The second kappa shape index (κ2) is 10.5. The average molecular weight is 506 g/mol. The van der Waals surface area contributed by atoms with Crippen LogP contribution in [-0.2, 0) is 16.1 Å². The molecule has 1 fully saturated rings. The summed E-state index contributed by atoms with van der Waals surface area (Å²) in [5.74, 6) is 0.829. The number of imidazole rings is 1. The number of benzene rings is 1. The lowest BCUT2D eigenvalue weighted by Gasteiger charge is -2.17. The predicted octanol–water partition coefficient (Wildman–Crippen LogP) is 1.26. The van der Waals surface area contributed by atoms with E-state index in [1.165, 1.54) is 17.9 Å². The number of fused-ring (bicyclic) bond motifs is 1. The number of nitrogens with zero attached hydrogens (tertiary/aromatic N) is 5. The number of pyridine rings is 1. The van der Waals surface area contributed by atoms with Gasteiger partial charge in [-0.25, -0.2) is 15.0 Å². The molecule has 1 amide bonds. The van der Waals surface area contributed by atoms with Gasteiger partial charge in [0, 0.05) is 25.4 Å². The zero-order valence-corrected chi connectivity index (χ0v) is 20.3. The number of carbonyl (C=O) groups is 1. The van der Waals surface area contributed by atoms with Gasteiger partial charge in [-0.05, 0) is 18.6 Å². The summed E-state index contributed by atoms with van der Waals surface area (Å²) in [5, 5.41) is 26.9. The molecule has 0 bridgehead atoms. The molecule has 1 aliphatic rings. The normalized spacial score (nSPS) is 21.2. The summed E-state index contributed by atoms with van der Waals surface area (Å²) in [6.45, 7) is 2.84. The third-order valence-electron chi connectivity index (χ3n) is 6.02. The van der Waals surface area contributed by atoms with Crippen molar-refractivity contribution in [2.75, 3.05) is 19.0 Å². The minimum Gasteiger partial charge on any atom is -0.492 e. The molecule has 4 atom stereocenters. The first-order valence-corrected chi connectivity index (χ1v) is 11.8. The standard InChI is InChI=1S/C25H27N7O5/c1-3-36-16-9-15(11-27-12-16)21-30-22(28-10-14-7-5-4-6-8-14)17-23(31-21)32(13-29-17)25-19(34)18(33)20(37-25)24(35)26-2/h4-9,11-13,18-20,25,33-34H,3,10H2,1-2H3,(H,26,35)(H,28,30,31). The van der Waals surface area contributed by atoms with Crippen LogP contribution in [0, 0.1) is 0 Å². The highest BCUT2D eigenvalue weighted by Gasteiger charge is 2.47. The number of carbonyl (C=O) groups excluding carboxylic acids is 1. The van der Waals surface area contributed by atoms with E-state index in [1.807, 2.05) is 37.3 Å². The number of ether oxygens (including phenoxy) is 2. The molecule has 1 saturated heterocycles. The first kappa shape index (κ1) is 24.6. The average Bonchev–Trinajstić information content (AvgIpc) is 3.48. The molecule has 4 N–H and O–H groups in total. The second-order valence-corrected chi connectivity index (χ2v) is 8.44. The number of aliphatic hydroxyl groups is 2. The Morgan fingerprint density at radius 3 is 2.73 bits per heavy atom. The zero-order valence-electron chi connectivity index (χ0n) is 20.3. The summed E-state index contributed by atoms with van der Waals surface area (Å²) < 4.78 is 12.8. The summed E-state index contributed by atoms with van der Waals surface area (Å²) in [4.78, 5) is 30.3. The number of hydrogen-bond acceptors (Lipinski definition) is 10. The third kappa shape index (κ3) is 4.81. The molecule has 4 heterocycles. The molecular weight excluding hydrogens is 478 g/mol. The molecule has 0 aliphatic carbocycles. The predicted molar refractivity (Wildman–Crippen MR) is 133 cm³/mol. The molecule has 192 valence electrons. The summed E-state index contributed by atoms with van der Waals surface area (Å²) in [6.07, 6.45) is -0.483. The second-order valence-electron chi connectivity index (χ2n) is 8.44. The number of anilines is 1. The van der Waals surface area contributed by atoms with Crippen LogP contribution in [0.4, 0.5) is 5.82 Å². The lowest BCUT2D eigenvalue weighted by molar-refractivity contribution is -0.137. The third-order valence-corrected chi connectivity index (χ3v) is 6.02. The SMILES string of the molecule is CCOc1cncc(-c2nc(NCc3ccccc3)c3ncn(C4OC(C(=O)NC)C(O)C4O)c3n2)c1. The van der Waals surface area contributed by atoms with Crippen molar-refractivity contribution in [3.63, 3.8) is 0 Å². The van der Waals surface area contributed by atoms with Gasteiger partial charge in [0.2, 0.25) is 0 Å². The smallest absolute Gasteiger partial charge is 0.251 e. The van der Waals surface area contributed by atoms with Gasteiger partial charge in [0.05, 0.1) is 19.1 Å². The van der Waals surface area contributed by atoms with Crippen LogP contribution in [-0.4, -0.2) is 72.6 Å². The van der Waals surface area contributed by atoms with Gasteiger partial charge in [0.15, 0.2) is 35.1 Å². The first-order chi connectivity index (χ1) is 18.0. The number of hydrogen-bond donors (Lipinski definition) is 4. The Morgan fingerprint density at radius 2 is 1.97 bits per heavy atom. The maximum Gasteiger partial charge on any atom is 0.251 e. The van der Waals surface area contributed by atoms with Crippen LogP contribution in [0.15, 0.2) is 55.1 Å². The van der Waals surface area contributed by atoms with Gasteiger partial charge in [-0.15, -0.1) is 0 Å². The number of amides is 1. The summed E-state index contributed by atoms with van der Waals surface area (Å²) in [5.41, 5.74) is 2.43. The maximum absolute atomic E-state index is 12.2. The van der Waals surface area contributed by atoms with Gasteiger partial charge in [-0.3, -0.25) is 14.3 Å². The van der Waals surface area contributed by atoms with Gasteiger partial charge >= 0.3 is 0 Å². The van der Waals surface area contributed by atoms with Gasteiger partial charge in [-0.2, -0.15) is 0 Å². The van der Waals surface area contributed by atoms with Crippen molar-refractivity contribution in [3.05, 3.63) is 60.7 Å². The number of aliphatic hydroxyl groups excluding tert-OH is 2. The van der Waals surface area contributed by atoms with Crippen molar-refractivity contribution in [3.8, 4) is 17.1 Å². The van der Waals surface area contributed by atoms with E-state index >= 15 is 0 Å². The summed E-state index contributed by atoms with van der Waals surface area (Å²) >= 11 is 0. The molecular formula is C25H27N7O5. The van der Waals surface area contributed by atoms with E-state index in [0.717, 1.165) is 5.56 Å². The lowest BCUT2D eigenvalue weighted by atomic mass is 10.1. The molecule has 0 spiro atoms. The number of aromatic nitrogens is 5. The molecule has 12 heteroatoms. The van der Waals surface area contributed by atoms with Crippen LogP contribution >= 0.6 is 0 Å². The number of rotatable bonds is 8. The van der Waals surface area contributed by atoms with E-state index in [-0.39, 0.29) is 0 Å². The fourth-order valence-electron chi connectivity index (χ4n) is 4.17. The highest BCUT2D eigenvalue weighted by atomic mass is 16.6. The van der Waals surface area contributed by atoms with Crippen molar-refractivity contribution in [1.82, 2.24) is 29.8 Å². The van der Waals surface area contributed by atoms with Crippen molar-refractivity contribution >= 4 is 22.9 Å². The molecule has 0 saturated carbocycles. The van der Waals surface area contributed by atoms with E-state index in [2.05, 4.69) is 20.6 Å². The Hall–Kier alpha value is -4.13. The summed E-state index contributed by atoms with van der Waals surface area (Å²) in [6, 6.07) is 11.6. The quantitative estimate of drug-likeness (QED) is 0.275. The van der Waals surface area contributed by atoms with E-state index in [1.54, 1.807) is 18.5 Å². The molecule has 5 rings (SSSR count). The minimum absolute atomic E-state index is 0.342. The van der Waals surface area contributed by atoms with Crippen LogP contribution in [0.3, 0.4) is 0 Å². The van der Waals surface area contributed by atoms with Crippen LogP contribution in [0.5, 0.6) is 5.75 Å². The van der Waals surface area contributed by atoms with Gasteiger partial charge in [-0.1, -0.05) is 30.3 Å². The van der Waals surface area contributed by atoms with Crippen molar-refractivity contribution in [2.45, 2.75) is 38.0 Å². The maximum atomic E-state index is 12.2. The van der Waals surface area contributed by atoms with Crippen LogP contribution in [0.1, 0.15) is 18.7 Å². The largest absolute Gasteiger partial charge is 0.492 e. The molecule has 4 aromatic rings. The fourth-order valence-corrected chi connectivity index (χ4v) is 4.17. The van der Waals surface area contributed by atoms with E-state index < -0.39 is 30.4 Å². The van der Waals surface area contributed by atoms with E-state index in [9.17, 15) is 15.0 Å². The van der Waals surface area contributed by atoms with Crippen molar-refractivity contribution < 1.29 is 24.5 Å². The van der Waals surface area contributed by atoms with Gasteiger partial charge in [0.1, 0.15) is 18.0 Å². The fraction of sp³-hybridized carbons (Fsp3) is 0.320. The molecule has 37 heavy (non-hydrogen) atoms. The van der Waals surface area contributed by atoms with Crippen LogP contribution in [0.25, 0.3) is 22.6 Å². The van der Waals surface area contributed by atoms with Crippen LogP contribution in [0.2, 0.25) is 0 Å². The Morgan fingerprint density at radius 1 is 1.16 bits per heavy atom. The summed E-state index contributed by atoms with van der Waals surface area (Å²) in [7, 11) is 1.43. The Bertz CT molecular complexity index is 1400. The Balaban J connectivity index is 1.58. The van der Waals surface area contributed by atoms with Crippen LogP contribution < -0.4 is 15.4 Å². The van der Waals surface area contributed by atoms with E-state index in [4.69, 9.17) is 19.4 Å². The van der Waals surface area contributed by atoms with Gasteiger partial charge in [0.25, 0.3) is 5.91 Å². The lowest BCUT2D eigenvalue weighted by Crippen LogP contribution is -2.41. The molecule has 1 aromatic carbocycles. The Kier molecular flexibility index (Phi) is 6.95. The first-order valence-electron chi connectivity index (χ1n) is 11.8. The minimum atomic E-state index is -1.42. The van der Waals surface area contributed by atoms with Crippen molar-refractivity contribution in [1.29, 1.82) is 0 Å². The van der Waals surface area contributed by atoms with Crippen molar-refractivity contribution in [2.24, 2.45) is 0 Å². The highest BCUT2D eigenvalue weighted by Crippen LogP contribution is 2.34. The molecule has 4 unspecified atom stereocenters. The zero-order chi connectivity index (χ0) is 25.9. The number of nitrogens with one attached hydrogen (secondary N) is 2. The molecule has 12 nitrogen and oxygen atoms in total. The number of likely N-dealkylation sites (N-methyl/N-ethyl adjacent to an activating group) is 1. The molecule has 0 radical (unpaired) electrons. The van der Waals surface area contributed by atoms with E-state index in [0.29, 0.717) is 47.3 Å². The Labute approximate surface area is 212 Å². The van der Waals surface area contributed by atoms with Gasteiger partial charge < -0.3 is 30.3 Å². The molecule has 3 aromatic heterocycles.